The van der Waals surface area contributed by atoms with Gasteiger partial charge in [0.2, 0.25) is 5.91 Å². The number of benzene rings is 1. The molecule has 2 aromatic rings. The third kappa shape index (κ3) is 4.14. The molecular formula is C18H16ClN5O. The van der Waals surface area contributed by atoms with Gasteiger partial charge in [0.25, 0.3) is 0 Å². The van der Waals surface area contributed by atoms with E-state index in [0.29, 0.717) is 42.7 Å². The molecular weight excluding hydrogens is 338 g/mol. The van der Waals surface area contributed by atoms with Gasteiger partial charge in [-0.15, -0.1) is 0 Å². The number of carbonyl (C=O) groups excluding carboxylic acids is 1. The molecule has 1 aromatic heterocycles. The van der Waals surface area contributed by atoms with Gasteiger partial charge in [-0.2, -0.15) is 5.26 Å². The van der Waals surface area contributed by atoms with Crippen molar-refractivity contribution < 1.29 is 4.79 Å². The highest BCUT2D eigenvalue weighted by Gasteiger charge is 2.22. The minimum atomic E-state index is -0.0423. The fraction of sp³-hybridized carbons (Fsp3) is 0.222. The summed E-state index contributed by atoms with van der Waals surface area (Å²) in [5, 5.41) is 9.76. The lowest BCUT2D eigenvalue weighted by atomic mass is 10.2. The molecule has 0 radical (unpaired) electrons. The number of rotatable bonds is 3. The summed E-state index contributed by atoms with van der Waals surface area (Å²) >= 11 is 5.94. The molecule has 0 saturated carbocycles. The maximum atomic E-state index is 12.3. The molecule has 0 aliphatic carbocycles. The first-order valence-corrected chi connectivity index (χ1v) is 8.24. The molecule has 0 unspecified atom stereocenters. The molecule has 0 spiro atoms. The van der Waals surface area contributed by atoms with E-state index in [9.17, 15) is 4.79 Å². The van der Waals surface area contributed by atoms with Crippen molar-refractivity contribution in [3.63, 3.8) is 0 Å². The lowest BCUT2D eigenvalue weighted by Crippen LogP contribution is -2.48. The molecule has 0 N–H and O–H groups in total. The average Bonchev–Trinajstić information content (AvgIpc) is 2.66. The number of hydrogen-bond donors (Lipinski definition) is 0. The number of aromatic nitrogens is 2. The zero-order chi connectivity index (χ0) is 17.6. The van der Waals surface area contributed by atoms with Crippen LogP contribution in [-0.4, -0.2) is 47.0 Å². The van der Waals surface area contributed by atoms with Crippen molar-refractivity contribution in [2.75, 3.05) is 31.1 Å². The Bertz CT molecular complexity index is 837. The Morgan fingerprint density at radius 1 is 1.20 bits per heavy atom. The van der Waals surface area contributed by atoms with Crippen LogP contribution in [0.4, 0.5) is 5.82 Å². The first kappa shape index (κ1) is 16.9. The van der Waals surface area contributed by atoms with E-state index in [1.165, 1.54) is 6.20 Å². The molecule has 1 fully saturated rings. The summed E-state index contributed by atoms with van der Waals surface area (Å²) in [7, 11) is 0. The zero-order valence-electron chi connectivity index (χ0n) is 13.5. The molecule has 1 aliphatic heterocycles. The predicted octanol–water partition coefficient (Wildman–Crippen LogP) is 2.36. The van der Waals surface area contributed by atoms with Crippen LogP contribution in [0, 0.1) is 11.3 Å². The number of amides is 1. The molecule has 126 valence electrons. The van der Waals surface area contributed by atoms with E-state index in [4.69, 9.17) is 16.9 Å². The summed E-state index contributed by atoms with van der Waals surface area (Å²) in [5.41, 5.74) is 1.20. The maximum Gasteiger partial charge on any atom is 0.246 e. The molecule has 0 bridgehead atoms. The summed E-state index contributed by atoms with van der Waals surface area (Å²) in [6, 6.07) is 9.39. The standard InChI is InChI=1S/C18H16ClN5O/c19-15-3-1-2-14(12-15)4-5-17(25)23-8-10-24(11-9-23)18-16(13-20)21-6-7-22-18/h1-7,12H,8-11H2. The Kier molecular flexibility index (Phi) is 5.26. The normalized spacial score (nSPS) is 14.6. The van der Waals surface area contributed by atoms with E-state index in [-0.39, 0.29) is 5.91 Å². The maximum absolute atomic E-state index is 12.3. The fourth-order valence-corrected chi connectivity index (χ4v) is 2.86. The highest BCUT2D eigenvalue weighted by atomic mass is 35.5. The highest BCUT2D eigenvalue weighted by Crippen LogP contribution is 2.17. The Labute approximate surface area is 151 Å². The highest BCUT2D eigenvalue weighted by molar-refractivity contribution is 6.30. The van der Waals surface area contributed by atoms with Crippen molar-refractivity contribution >= 4 is 29.4 Å². The molecule has 7 heteroatoms. The van der Waals surface area contributed by atoms with Crippen LogP contribution in [0.2, 0.25) is 5.02 Å². The van der Waals surface area contributed by atoms with E-state index in [1.54, 1.807) is 35.4 Å². The zero-order valence-corrected chi connectivity index (χ0v) is 14.2. The topological polar surface area (TPSA) is 73.1 Å². The summed E-state index contributed by atoms with van der Waals surface area (Å²) in [6.07, 6.45) is 6.39. The third-order valence-electron chi connectivity index (χ3n) is 3.94. The van der Waals surface area contributed by atoms with Crippen molar-refractivity contribution in [3.8, 4) is 6.07 Å². The van der Waals surface area contributed by atoms with Crippen LogP contribution in [0.1, 0.15) is 11.3 Å². The minimum Gasteiger partial charge on any atom is -0.351 e. The van der Waals surface area contributed by atoms with E-state index in [1.807, 2.05) is 17.0 Å². The second-order valence-electron chi connectivity index (χ2n) is 5.54. The number of anilines is 1. The predicted molar refractivity (Wildman–Crippen MR) is 96.0 cm³/mol. The van der Waals surface area contributed by atoms with Gasteiger partial charge in [0, 0.05) is 49.7 Å². The Morgan fingerprint density at radius 2 is 1.96 bits per heavy atom. The number of carbonyl (C=O) groups is 1. The summed E-state index contributed by atoms with van der Waals surface area (Å²) < 4.78 is 0. The van der Waals surface area contributed by atoms with E-state index >= 15 is 0 Å². The SMILES string of the molecule is N#Cc1nccnc1N1CCN(C(=O)C=Cc2cccc(Cl)c2)CC1. The van der Waals surface area contributed by atoms with Crippen molar-refractivity contribution in [1.29, 1.82) is 5.26 Å². The van der Waals surface area contributed by atoms with Gasteiger partial charge in [-0.05, 0) is 23.8 Å². The van der Waals surface area contributed by atoms with Crippen LogP contribution in [-0.2, 0) is 4.79 Å². The smallest absolute Gasteiger partial charge is 0.246 e. The Hall–Kier alpha value is -2.91. The van der Waals surface area contributed by atoms with Crippen molar-refractivity contribution in [3.05, 3.63) is 59.0 Å². The number of nitrogens with zero attached hydrogens (tertiary/aromatic N) is 5. The monoisotopic (exact) mass is 353 g/mol. The van der Waals surface area contributed by atoms with Gasteiger partial charge in [0.05, 0.1) is 0 Å². The first-order chi connectivity index (χ1) is 12.2. The molecule has 0 atom stereocenters. The van der Waals surface area contributed by atoms with Gasteiger partial charge in [-0.25, -0.2) is 9.97 Å². The van der Waals surface area contributed by atoms with Crippen LogP contribution in [0.15, 0.2) is 42.7 Å². The van der Waals surface area contributed by atoms with Crippen molar-refractivity contribution in [2.45, 2.75) is 0 Å². The quantitative estimate of drug-likeness (QED) is 0.792. The van der Waals surface area contributed by atoms with E-state index in [0.717, 1.165) is 5.56 Å². The number of hydrogen-bond acceptors (Lipinski definition) is 5. The average molecular weight is 354 g/mol. The molecule has 2 heterocycles. The van der Waals surface area contributed by atoms with Gasteiger partial charge in [-0.3, -0.25) is 4.79 Å². The molecule has 1 aromatic carbocycles. The molecule has 1 saturated heterocycles. The molecule has 3 rings (SSSR count). The summed E-state index contributed by atoms with van der Waals surface area (Å²) in [4.78, 5) is 24.4. The molecule has 1 amide bonds. The van der Waals surface area contributed by atoms with Gasteiger partial charge in [0.15, 0.2) is 11.5 Å². The van der Waals surface area contributed by atoms with Gasteiger partial charge < -0.3 is 9.80 Å². The van der Waals surface area contributed by atoms with Crippen molar-refractivity contribution in [1.82, 2.24) is 14.9 Å². The lowest BCUT2D eigenvalue weighted by Gasteiger charge is -2.34. The van der Waals surface area contributed by atoms with Crippen LogP contribution in [0.3, 0.4) is 0 Å². The van der Waals surface area contributed by atoms with Gasteiger partial charge in [-0.1, -0.05) is 23.7 Å². The molecule has 6 nitrogen and oxygen atoms in total. The second kappa shape index (κ2) is 7.77. The van der Waals surface area contributed by atoms with E-state index in [2.05, 4.69) is 16.0 Å². The van der Waals surface area contributed by atoms with Crippen LogP contribution in [0.25, 0.3) is 6.08 Å². The van der Waals surface area contributed by atoms with Crippen molar-refractivity contribution in [2.24, 2.45) is 0 Å². The van der Waals surface area contributed by atoms with Crippen LogP contribution >= 0.6 is 11.6 Å². The van der Waals surface area contributed by atoms with Crippen LogP contribution < -0.4 is 4.90 Å². The first-order valence-electron chi connectivity index (χ1n) is 7.86. The number of piperazine rings is 1. The Morgan fingerprint density at radius 3 is 2.68 bits per heavy atom. The largest absolute Gasteiger partial charge is 0.351 e. The van der Waals surface area contributed by atoms with Gasteiger partial charge >= 0.3 is 0 Å². The third-order valence-corrected chi connectivity index (χ3v) is 4.18. The summed E-state index contributed by atoms with van der Waals surface area (Å²) in [6.45, 7) is 2.37. The molecule has 1 aliphatic rings. The number of halogens is 1. The van der Waals surface area contributed by atoms with Gasteiger partial charge in [0.1, 0.15) is 6.07 Å². The van der Waals surface area contributed by atoms with Crippen LogP contribution in [0.5, 0.6) is 0 Å². The van der Waals surface area contributed by atoms with E-state index < -0.39 is 0 Å². The minimum absolute atomic E-state index is 0.0423. The number of nitriles is 1. The summed E-state index contributed by atoms with van der Waals surface area (Å²) in [5.74, 6) is 0.533. The molecule has 25 heavy (non-hydrogen) atoms. The lowest BCUT2D eigenvalue weighted by molar-refractivity contribution is -0.126. The fourth-order valence-electron chi connectivity index (χ4n) is 2.66. The Balaban J connectivity index is 1.60. The second-order valence-corrected chi connectivity index (χ2v) is 5.98.